The van der Waals surface area contributed by atoms with Crippen molar-refractivity contribution in [2.45, 2.75) is 56.7 Å². The molecule has 1 fully saturated rings. The van der Waals surface area contributed by atoms with Gasteiger partial charge in [0.25, 0.3) is 0 Å². The average Bonchev–Trinajstić information content (AvgIpc) is 3.95. The van der Waals surface area contributed by atoms with Gasteiger partial charge < -0.3 is 30.2 Å². The van der Waals surface area contributed by atoms with Crippen molar-refractivity contribution < 1.29 is 32.8 Å². The lowest BCUT2D eigenvalue weighted by molar-refractivity contribution is -0.106. The van der Waals surface area contributed by atoms with Gasteiger partial charge in [0.1, 0.15) is 35.1 Å². The fourth-order valence-electron chi connectivity index (χ4n) is 4.50. The molecule has 0 atom stereocenters. The van der Waals surface area contributed by atoms with Crippen LogP contribution in [0, 0.1) is 11.8 Å². The van der Waals surface area contributed by atoms with Gasteiger partial charge in [-0.2, -0.15) is 14.6 Å². The number of aliphatic hydroxyl groups excluding tert-OH is 1. The Labute approximate surface area is 304 Å². The number of nitrogens with one attached hydrogen (secondary N) is 1. The number of anilines is 1. The minimum absolute atomic E-state index is 0.0473. The molecule has 0 bridgehead atoms. The molecule has 5 N–H and O–H groups in total. The van der Waals surface area contributed by atoms with Gasteiger partial charge in [-0.25, -0.2) is 19.0 Å². The third kappa shape index (κ3) is 14.8. The van der Waals surface area contributed by atoms with Crippen LogP contribution in [0.3, 0.4) is 0 Å². The molecule has 1 aliphatic rings. The molecule has 5 aromatic rings. The zero-order chi connectivity index (χ0) is 37.4. The van der Waals surface area contributed by atoms with Gasteiger partial charge in [0.15, 0.2) is 12.1 Å². The predicted octanol–water partition coefficient (Wildman–Crippen LogP) is 6.59. The van der Waals surface area contributed by atoms with Crippen molar-refractivity contribution in [2.75, 3.05) is 32.6 Å². The van der Waals surface area contributed by atoms with Crippen LogP contribution in [0.4, 0.5) is 14.5 Å². The van der Waals surface area contributed by atoms with E-state index in [2.05, 4.69) is 31.2 Å². The summed E-state index contributed by atoms with van der Waals surface area (Å²) in [5, 5.41) is 21.6. The number of rotatable bonds is 9. The van der Waals surface area contributed by atoms with Crippen LogP contribution in [-0.4, -0.2) is 79.1 Å². The number of halogens is 2. The van der Waals surface area contributed by atoms with E-state index < -0.39 is 11.8 Å². The molecule has 6 rings (SSSR count). The first-order chi connectivity index (χ1) is 24.8. The summed E-state index contributed by atoms with van der Waals surface area (Å²) < 4.78 is 44.1. The molecule has 0 radical (unpaired) electrons. The first-order valence-electron chi connectivity index (χ1n) is 15.9. The number of hydrogen-bond donors (Lipinski definition) is 4. The van der Waals surface area contributed by atoms with Crippen molar-refractivity contribution in [2.24, 2.45) is 5.73 Å². The Balaban J connectivity index is 0.000000260. The van der Waals surface area contributed by atoms with Gasteiger partial charge in [-0.3, -0.25) is 9.48 Å². The molecular formula is C34H44F2N8O5S2. The lowest BCUT2D eigenvalue weighted by atomic mass is 9.96. The fourth-order valence-corrected chi connectivity index (χ4v) is 5.52. The molecule has 13 nitrogen and oxygen atoms in total. The summed E-state index contributed by atoms with van der Waals surface area (Å²) in [7, 11) is 3.35. The normalized spacial score (nSPS) is 12.0. The van der Waals surface area contributed by atoms with Crippen LogP contribution in [0.2, 0.25) is 0 Å². The molecule has 0 unspecified atom stereocenters. The van der Waals surface area contributed by atoms with Gasteiger partial charge in [-0.15, -0.1) is 11.3 Å². The minimum atomic E-state index is -0.708. The molecule has 51 heavy (non-hydrogen) atoms. The Morgan fingerprint density at radius 3 is 2.31 bits per heavy atom. The number of ether oxygens (including phenoxy) is 1. The molecule has 0 spiro atoms. The quantitative estimate of drug-likeness (QED) is 0.0723. The molecule has 1 saturated carbocycles. The number of aromatic nitrogens is 6. The molecule has 4 heterocycles. The Hall–Kier alpha value is -4.39. The second-order valence-corrected chi connectivity index (χ2v) is 11.9. The number of methoxy groups -OCH3 is 1. The van der Waals surface area contributed by atoms with Gasteiger partial charge >= 0.3 is 0 Å². The van der Waals surface area contributed by atoms with Gasteiger partial charge in [-0.1, -0.05) is 37.5 Å². The van der Waals surface area contributed by atoms with Crippen molar-refractivity contribution in [3.63, 3.8) is 0 Å². The van der Waals surface area contributed by atoms with Gasteiger partial charge in [0.05, 0.1) is 17.9 Å². The third-order valence-corrected chi connectivity index (χ3v) is 8.11. The highest BCUT2D eigenvalue weighted by Gasteiger charge is 2.21. The average molecular weight is 747 g/mol. The number of nitrogens with zero attached hydrogens (tertiary/aromatic N) is 6. The van der Waals surface area contributed by atoms with E-state index in [0.29, 0.717) is 36.1 Å². The summed E-state index contributed by atoms with van der Waals surface area (Å²) >= 11 is 2.19. The van der Waals surface area contributed by atoms with Crippen LogP contribution in [0.15, 0.2) is 71.3 Å². The highest BCUT2D eigenvalue weighted by atomic mass is 32.2. The summed E-state index contributed by atoms with van der Waals surface area (Å²) in [6.07, 6.45) is 12.5. The van der Waals surface area contributed by atoms with Crippen molar-refractivity contribution in [1.82, 2.24) is 29.5 Å². The van der Waals surface area contributed by atoms with E-state index in [1.54, 1.807) is 37.3 Å². The number of aliphatic hydroxyl groups is 1. The minimum Gasteiger partial charge on any atom is -0.397 e. The van der Waals surface area contributed by atoms with Crippen LogP contribution in [0.25, 0.3) is 22.0 Å². The van der Waals surface area contributed by atoms with E-state index in [-0.39, 0.29) is 18.8 Å². The molecule has 0 aliphatic heterocycles. The van der Waals surface area contributed by atoms with Crippen LogP contribution < -0.4 is 11.1 Å². The summed E-state index contributed by atoms with van der Waals surface area (Å²) in [6.45, 7) is 2.48. The maximum absolute atomic E-state index is 13.9. The predicted molar refractivity (Wildman–Crippen MR) is 196 cm³/mol. The molecule has 4 aromatic heterocycles. The fraction of sp³-hybridized carbons (Fsp3) is 0.353. The Bertz CT molecular complexity index is 1700. The highest BCUT2D eigenvalue weighted by molar-refractivity contribution is 7.93. The van der Waals surface area contributed by atoms with E-state index in [9.17, 15) is 13.6 Å². The number of thiazole rings is 1. The van der Waals surface area contributed by atoms with E-state index in [4.69, 9.17) is 19.2 Å². The topological polar surface area (TPSA) is 183 Å². The molecule has 276 valence electrons. The summed E-state index contributed by atoms with van der Waals surface area (Å²) in [4.78, 5) is 28.2. The Morgan fingerprint density at radius 1 is 1.08 bits per heavy atom. The Kier molecular flexibility index (Phi) is 20.7. The number of benzene rings is 1. The van der Waals surface area contributed by atoms with Crippen LogP contribution in [-0.2, 0) is 16.3 Å². The zero-order valence-electron chi connectivity index (χ0n) is 28.7. The molecule has 17 heteroatoms. The summed E-state index contributed by atoms with van der Waals surface area (Å²) in [5.74, 6) is -1.28. The molecule has 1 aromatic carbocycles. The lowest BCUT2D eigenvalue weighted by Gasteiger charge is -2.21. The smallest absolute Gasteiger partial charge is 0.213 e. The number of carbonyl (C=O) groups is 2. The number of carbonyl (C=O) groups excluding carboxylic acids is 2. The third-order valence-electron chi connectivity index (χ3n) is 6.72. The number of pyridine rings is 1. The summed E-state index contributed by atoms with van der Waals surface area (Å²) in [5.41, 5.74) is 6.98. The maximum Gasteiger partial charge on any atom is 0.213 e. The van der Waals surface area contributed by atoms with E-state index >= 15 is 0 Å². The number of hydrogen-bond acceptors (Lipinski definition) is 13. The van der Waals surface area contributed by atoms with Crippen LogP contribution >= 0.6 is 23.4 Å². The van der Waals surface area contributed by atoms with Crippen molar-refractivity contribution >= 4 is 41.6 Å². The molecule has 0 amide bonds. The number of aldehydes is 2. The largest absolute Gasteiger partial charge is 0.397 e. The van der Waals surface area contributed by atoms with E-state index in [1.165, 1.54) is 30.6 Å². The summed E-state index contributed by atoms with van der Waals surface area (Å²) in [6, 6.07) is 11.8. The van der Waals surface area contributed by atoms with Crippen LogP contribution in [0.5, 0.6) is 0 Å². The SMILES string of the molecule is CCO.CNc1cn(C2CCCCC2)nc1-c1nc(F)ccc1F.COCn1cc(-c2nc(C=O)cs2)cn1.NCC=O.OSc1ccccc1. The second kappa shape index (κ2) is 24.7. The first kappa shape index (κ1) is 42.8. The molecular weight excluding hydrogens is 703 g/mol. The van der Waals surface area contributed by atoms with Crippen molar-refractivity contribution in [1.29, 1.82) is 0 Å². The first-order valence-corrected chi connectivity index (χ1v) is 17.6. The highest BCUT2D eigenvalue weighted by Crippen LogP contribution is 2.33. The van der Waals surface area contributed by atoms with E-state index in [0.717, 1.165) is 58.8 Å². The zero-order valence-corrected chi connectivity index (χ0v) is 30.3. The monoisotopic (exact) mass is 746 g/mol. The Morgan fingerprint density at radius 2 is 1.76 bits per heavy atom. The van der Waals surface area contributed by atoms with Gasteiger partial charge in [0, 0.05) is 67.6 Å². The van der Waals surface area contributed by atoms with Crippen LogP contribution in [0.1, 0.15) is 55.6 Å². The molecule has 1 aliphatic carbocycles. The van der Waals surface area contributed by atoms with Gasteiger partial charge in [-0.05, 0) is 44.0 Å². The van der Waals surface area contributed by atoms with E-state index in [1.807, 2.05) is 47.4 Å². The standard InChI is InChI=1S/C15H18F2N4.C9H9N3O2S.C6H6OS.C2H5NO.C2H6O/c1-18-12-9-21(10-5-3-2-4-6-10)20-15(12)14-11(16)7-8-13(17)19-14;1-14-6-12-3-7(2-10-12)9-11-8(4-13)5-15-9;7-8-6-4-2-1-3-5-6;3-1-2-4;1-2-3/h7-10,18H,2-6H2,1H3;2-5H,6H2,1H3;1-5,7H;2H,1,3H2;3H,2H2,1H3. The second-order valence-electron chi connectivity index (χ2n) is 10.4. The number of nitrogens with two attached hydrogens (primary N) is 1. The maximum atomic E-state index is 13.9. The van der Waals surface area contributed by atoms with Crippen molar-refractivity contribution in [3.05, 3.63) is 83.9 Å². The molecule has 0 saturated heterocycles. The van der Waals surface area contributed by atoms with Crippen molar-refractivity contribution in [3.8, 4) is 22.0 Å². The lowest BCUT2D eigenvalue weighted by Crippen LogP contribution is -2.13. The van der Waals surface area contributed by atoms with Gasteiger partial charge in [0.2, 0.25) is 5.95 Å².